The van der Waals surface area contributed by atoms with E-state index < -0.39 is 0 Å². The van der Waals surface area contributed by atoms with Crippen molar-refractivity contribution in [1.29, 1.82) is 0 Å². The number of fused-ring (bicyclic) bond motifs is 1. The molecule has 1 N–H and O–H groups in total. The van der Waals surface area contributed by atoms with Gasteiger partial charge in [-0.25, -0.2) is 4.98 Å². The van der Waals surface area contributed by atoms with Gasteiger partial charge in [-0.15, -0.1) is 0 Å². The number of benzene rings is 2. The van der Waals surface area contributed by atoms with E-state index in [0.29, 0.717) is 11.4 Å². The van der Waals surface area contributed by atoms with Gasteiger partial charge in [-0.05, 0) is 43.3 Å². The fourth-order valence-corrected chi connectivity index (χ4v) is 3.18. The molecule has 2 heterocycles. The molecule has 1 amide bonds. The van der Waals surface area contributed by atoms with Gasteiger partial charge in [-0.3, -0.25) is 9.48 Å². The summed E-state index contributed by atoms with van der Waals surface area (Å²) in [5.41, 5.74) is 3.82. The van der Waals surface area contributed by atoms with Crippen molar-refractivity contribution in [3.05, 3.63) is 71.9 Å². The van der Waals surface area contributed by atoms with Crippen LogP contribution in [0.5, 0.6) is 5.75 Å². The lowest BCUT2D eigenvalue weighted by Crippen LogP contribution is -2.15. The van der Waals surface area contributed by atoms with Crippen LogP contribution in [0.3, 0.4) is 0 Å². The van der Waals surface area contributed by atoms with Crippen molar-refractivity contribution < 1.29 is 9.53 Å². The maximum absolute atomic E-state index is 13.1. The zero-order chi connectivity index (χ0) is 19.7. The Morgan fingerprint density at radius 2 is 1.82 bits per heavy atom. The number of hydrogen-bond acceptors (Lipinski definition) is 4. The number of para-hydroxylation sites is 1. The average Bonchev–Trinajstić information content (AvgIpc) is 3.03. The smallest absolute Gasteiger partial charge is 0.257 e. The fraction of sp³-hybridized carbons (Fsp3) is 0.136. The normalized spacial score (nSPS) is 10.8. The summed E-state index contributed by atoms with van der Waals surface area (Å²) in [7, 11) is 3.43. The number of ether oxygens (including phenoxy) is 1. The van der Waals surface area contributed by atoms with E-state index in [-0.39, 0.29) is 5.91 Å². The summed E-state index contributed by atoms with van der Waals surface area (Å²) in [4.78, 5) is 17.8. The fourth-order valence-electron chi connectivity index (χ4n) is 3.18. The Kier molecular flexibility index (Phi) is 4.53. The predicted octanol–water partition coefficient (Wildman–Crippen LogP) is 4.20. The van der Waals surface area contributed by atoms with Crippen molar-refractivity contribution in [2.45, 2.75) is 6.92 Å². The first-order valence-corrected chi connectivity index (χ1v) is 8.91. The van der Waals surface area contributed by atoms with Gasteiger partial charge in [0.05, 0.1) is 29.6 Å². The summed E-state index contributed by atoms with van der Waals surface area (Å²) in [5, 5.41) is 8.03. The molecule has 6 heteroatoms. The first-order valence-electron chi connectivity index (χ1n) is 8.91. The Balaban J connectivity index is 1.79. The number of carbonyl (C=O) groups excluding carboxylic acids is 1. The lowest BCUT2D eigenvalue weighted by atomic mass is 10.0. The van der Waals surface area contributed by atoms with Crippen LogP contribution in [-0.2, 0) is 7.05 Å². The van der Waals surface area contributed by atoms with Crippen LogP contribution in [0.15, 0.2) is 60.7 Å². The van der Waals surface area contributed by atoms with Gasteiger partial charge in [-0.1, -0.05) is 18.2 Å². The quantitative estimate of drug-likeness (QED) is 0.583. The molecular weight excluding hydrogens is 352 g/mol. The third kappa shape index (κ3) is 3.32. The van der Waals surface area contributed by atoms with E-state index in [1.54, 1.807) is 18.8 Å². The number of nitrogens with one attached hydrogen (secondary N) is 1. The second kappa shape index (κ2) is 7.15. The van der Waals surface area contributed by atoms with Crippen LogP contribution in [0.1, 0.15) is 16.1 Å². The second-order valence-electron chi connectivity index (χ2n) is 6.55. The zero-order valence-corrected chi connectivity index (χ0v) is 15.9. The van der Waals surface area contributed by atoms with E-state index in [0.717, 1.165) is 33.6 Å². The molecule has 0 atom stereocenters. The topological polar surface area (TPSA) is 69.0 Å². The third-order valence-corrected chi connectivity index (χ3v) is 4.59. The van der Waals surface area contributed by atoms with Crippen molar-refractivity contribution in [3.8, 4) is 17.0 Å². The van der Waals surface area contributed by atoms with Gasteiger partial charge in [0.1, 0.15) is 11.6 Å². The largest absolute Gasteiger partial charge is 0.497 e. The molecule has 0 radical (unpaired) electrons. The predicted molar refractivity (Wildman–Crippen MR) is 110 cm³/mol. The summed E-state index contributed by atoms with van der Waals surface area (Å²) < 4.78 is 6.88. The molecular formula is C22H20N4O2. The highest BCUT2D eigenvalue weighted by molar-refractivity contribution is 6.12. The first kappa shape index (κ1) is 17.7. The molecule has 28 heavy (non-hydrogen) atoms. The number of aromatic nitrogens is 3. The molecule has 0 unspecified atom stereocenters. The molecule has 0 fully saturated rings. The number of methoxy groups -OCH3 is 1. The summed E-state index contributed by atoms with van der Waals surface area (Å²) in [6.45, 7) is 1.89. The molecule has 4 rings (SSSR count). The molecule has 0 aliphatic rings. The maximum Gasteiger partial charge on any atom is 0.257 e. The number of rotatable bonds is 4. The van der Waals surface area contributed by atoms with Crippen LogP contribution in [0.2, 0.25) is 0 Å². The summed E-state index contributed by atoms with van der Waals surface area (Å²) in [5.74, 6) is 1.22. The number of pyridine rings is 1. The standard InChI is InChI=1S/C22H20N4O2/c1-14-12-21(26(2)25-14)24-22(27)18-13-20(15-8-10-16(28-3)11-9-15)23-19-7-5-4-6-17(18)19/h4-13H,1-3H3,(H,24,27). The number of nitrogens with zero attached hydrogens (tertiary/aromatic N) is 3. The maximum atomic E-state index is 13.1. The van der Waals surface area contributed by atoms with E-state index >= 15 is 0 Å². The van der Waals surface area contributed by atoms with E-state index in [4.69, 9.17) is 9.72 Å². The number of carbonyl (C=O) groups is 1. The van der Waals surface area contributed by atoms with Crippen molar-refractivity contribution in [2.75, 3.05) is 12.4 Å². The van der Waals surface area contributed by atoms with E-state index in [1.165, 1.54) is 0 Å². The highest BCUT2D eigenvalue weighted by atomic mass is 16.5. The molecule has 2 aromatic carbocycles. The Morgan fingerprint density at radius 1 is 1.07 bits per heavy atom. The number of anilines is 1. The van der Waals surface area contributed by atoms with Gasteiger partial charge >= 0.3 is 0 Å². The second-order valence-corrected chi connectivity index (χ2v) is 6.55. The first-order chi connectivity index (χ1) is 13.5. The van der Waals surface area contributed by atoms with Crippen molar-refractivity contribution in [2.24, 2.45) is 7.05 Å². The lowest BCUT2D eigenvalue weighted by Gasteiger charge is -2.11. The van der Waals surface area contributed by atoms with Gasteiger partial charge in [-0.2, -0.15) is 5.10 Å². The van der Waals surface area contributed by atoms with Crippen molar-refractivity contribution in [3.63, 3.8) is 0 Å². The highest BCUT2D eigenvalue weighted by Gasteiger charge is 2.15. The van der Waals surface area contributed by atoms with Crippen LogP contribution >= 0.6 is 0 Å². The highest BCUT2D eigenvalue weighted by Crippen LogP contribution is 2.27. The molecule has 0 saturated heterocycles. The number of hydrogen-bond donors (Lipinski definition) is 1. The Bertz CT molecular complexity index is 1160. The monoisotopic (exact) mass is 372 g/mol. The molecule has 6 nitrogen and oxygen atoms in total. The third-order valence-electron chi connectivity index (χ3n) is 4.59. The van der Waals surface area contributed by atoms with Gasteiger partial charge in [0.2, 0.25) is 0 Å². The molecule has 0 aliphatic heterocycles. The van der Waals surface area contributed by atoms with Crippen LogP contribution < -0.4 is 10.1 Å². The number of aryl methyl sites for hydroxylation is 2. The zero-order valence-electron chi connectivity index (χ0n) is 15.9. The SMILES string of the molecule is COc1ccc(-c2cc(C(=O)Nc3cc(C)nn3C)c3ccccc3n2)cc1. The van der Waals surface area contributed by atoms with Crippen LogP contribution in [0.4, 0.5) is 5.82 Å². The summed E-state index contributed by atoms with van der Waals surface area (Å²) in [6, 6.07) is 18.9. The van der Waals surface area contributed by atoms with Crippen molar-refractivity contribution >= 4 is 22.6 Å². The molecule has 4 aromatic rings. The number of amides is 1. The van der Waals surface area contributed by atoms with E-state index in [2.05, 4.69) is 10.4 Å². The van der Waals surface area contributed by atoms with Crippen LogP contribution in [0, 0.1) is 6.92 Å². The van der Waals surface area contributed by atoms with Crippen molar-refractivity contribution in [1.82, 2.24) is 14.8 Å². The molecule has 0 bridgehead atoms. The summed E-state index contributed by atoms with van der Waals surface area (Å²) >= 11 is 0. The van der Waals surface area contributed by atoms with Crippen LogP contribution in [-0.4, -0.2) is 27.8 Å². The Hall–Kier alpha value is -3.67. The Morgan fingerprint density at radius 3 is 2.50 bits per heavy atom. The molecule has 140 valence electrons. The minimum atomic E-state index is -0.198. The molecule has 0 saturated carbocycles. The lowest BCUT2D eigenvalue weighted by molar-refractivity contribution is 0.102. The van der Waals surface area contributed by atoms with Gasteiger partial charge in [0.15, 0.2) is 0 Å². The van der Waals surface area contributed by atoms with Gasteiger partial charge in [0, 0.05) is 24.1 Å². The minimum Gasteiger partial charge on any atom is -0.497 e. The Labute approximate surface area is 162 Å². The van der Waals surface area contributed by atoms with E-state index in [1.807, 2.05) is 67.6 Å². The van der Waals surface area contributed by atoms with Crippen LogP contribution in [0.25, 0.3) is 22.2 Å². The summed E-state index contributed by atoms with van der Waals surface area (Å²) in [6.07, 6.45) is 0. The molecule has 0 spiro atoms. The molecule has 2 aromatic heterocycles. The van der Waals surface area contributed by atoms with Gasteiger partial charge < -0.3 is 10.1 Å². The van der Waals surface area contributed by atoms with E-state index in [9.17, 15) is 4.79 Å². The molecule has 0 aliphatic carbocycles. The average molecular weight is 372 g/mol. The minimum absolute atomic E-state index is 0.198. The van der Waals surface area contributed by atoms with Gasteiger partial charge in [0.25, 0.3) is 5.91 Å².